The van der Waals surface area contributed by atoms with Crippen molar-refractivity contribution in [3.63, 3.8) is 0 Å². The number of aryl methyl sites for hydroxylation is 1. The van der Waals surface area contributed by atoms with Crippen LogP contribution in [-0.4, -0.2) is 16.6 Å². The fourth-order valence-corrected chi connectivity index (χ4v) is 1.58. The normalized spacial score (nSPS) is 10.2. The first-order chi connectivity index (χ1) is 8.20. The molecule has 1 aromatic carbocycles. The lowest BCUT2D eigenvalue weighted by atomic mass is 10.3. The van der Waals surface area contributed by atoms with Crippen LogP contribution in [0.25, 0.3) is 0 Å². The molecule has 0 saturated carbocycles. The second-order valence-corrected chi connectivity index (χ2v) is 3.64. The molecule has 1 heterocycles. The zero-order chi connectivity index (χ0) is 12.3. The minimum Gasteiger partial charge on any atom is -0.492 e. The highest BCUT2D eigenvalue weighted by Crippen LogP contribution is 2.28. The van der Waals surface area contributed by atoms with Crippen LogP contribution < -0.4 is 15.8 Å². The van der Waals surface area contributed by atoms with Crippen molar-refractivity contribution in [2.75, 3.05) is 17.7 Å². The van der Waals surface area contributed by atoms with Gasteiger partial charge < -0.3 is 20.8 Å². The molecule has 0 aliphatic rings. The van der Waals surface area contributed by atoms with Crippen LogP contribution in [-0.2, 0) is 0 Å². The number of H-pyrrole nitrogens is 1. The highest BCUT2D eigenvalue weighted by molar-refractivity contribution is 5.70. The third kappa shape index (κ3) is 2.50. The van der Waals surface area contributed by atoms with E-state index in [1.54, 1.807) is 0 Å². The molecule has 0 fully saturated rings. The number of nitrogens with two attached hydrogens (primary N) is 1. The van der Waals surface area contributed by atoms with Gasteiger partial charge in [0.05, 0.1) is 12.3 Å². The number of hydrogen-bond acceptors (Lipinski definition) is 4. The quantitative estimate of drug-likeness (QED) is 0.756. The number of nitrogens with zero attached hydrogens (tertiary/aromatic N) is 1. The average molecular weight is 232 g/mol. The van der Waals surface area contributed by atoms with Gasteiger partial charge in [0.25, 0.3) is 0 Å². The molecule has 5 nitrogen and oxygen atoms in total. The molecule has 0 bridgehead atoms. The summed E-state index contributed by atoms with van der Waals surface area (Å²) in [6, 6.07) is 7.69. The molecule has 2 aromatic rings. The van der Waals surface area contributed by atoms with Crippen molar-refractivity contribution in [3.8, 4) is 5.75 Å². The number of ether oxygens (including phenoxy) is 1. The van der Waals surface area contributed by atoms with Crippen LogP contribution in [0.3, 0.4) is 0 Å². The third-order valence-electron chi connectivity index (χ3n) is 2.29. The second kappa shape index (κ2) is 4.78. The lowest BCUT2D eigenvalue weighted by molar-refractivity contribution is 0.342. The summed E-state index contributed by atoms with van der Waals surface area (Å²) < 4.78 is 5.51. The Kier molecular flexibility index (Phi) is 3.18. The van der Waals surface area contributed by atoms with Crippen molar-refractivity contribution in [1.29, 1.82) is 0 Å². The van der Waals surface area contributed by atoms with Gasteiger partial charge in [-0.25, -0.2) is 4.98 Å². The highest BCUT2D eigenvalue weighted by Gasteiger charge is 2.08. The Labute approximate surface area is 100 Å². The van der Waals surface area contributed by atoms with E-state index in [1.807, 2.05) is 38.1 Å². The Morgan fingerprint density at radius 1 is 1.41 bits per heavy atom. The van der Waals surface area contributed by atoms with Gasteiger partial charge in [0.15, 0.2) is 5.82 Å². The number of benzene rings is 1. The smallest absolute Gasteiger partial charge is 0.173 e. The second-order valence-electron chi connectivity index (χ2n) is 3.64. The summed E-state index contributed by atoms with van der Waals surface area (Å²) in [6.45, 7) is 4.42. The minimum atomic E-state index is 0.522. The van der Waals surface area contributed by atoms with Gasteiger partial charge in [-0.2, -0.15) is 0 Å². The van der Waals surface area contributed by atoms with Gasteiger partial charge in [-0.3, -0.25) is 0 Å². The first-order valence-corrected chi connectivity index (χ1v) is 5.51. The fourth-order valence-electron chi connectivity index (χ4n) is 1.58. The topological polar surface area (TPSA) is 76.0 Å². The van der Waals surface area contributed by atoms with Gasteiger partial charge >= 0.3 is 0 Å². The molecule has 0 aliphatic heterocycles. The van der Waals surface area contributed by atoms with E-state index in [4.69, 9.17) is 10.5 Å². The van der Waals surface area contributed by atoms with Crippen molar-refractivity contribution in [2.45, 2.75) is 13.8 Å². The van der Waals surface area contributed by atoms with Crippen molar-refractivity contribution in [1.82, 2.24) is 9.97 Å². The van der Waals surface area contributed by atoms with Crippen LogP contribution in [0.15, 0.2) is 24.3 Å². The maximum atomic E-state index is 5.79. The number of imidazole rings is 1. The van der Waals surface area contributed by atoms with Crippen LogP contribution in [0.2, 0.25) is 0 Å². The molecule has 0 unspecified atom stereocenters. The molecule has 0 atom stereocenters. The molecule has 5 heteroatoms. The summed E-state index contributed by atoms with van der Waals surface area (Å²) in [7, 11) is 0. The maximum absolute atomic E-state index is 5.79. The van der Waals surface area contributed by atoms with Crippen molar-refractivity contribution >= 4 is 17.3 Å². The van der Waals surface area contributed by atoms with E-state index >= 15 is 0 Å². The van der Waals surface area contributed by atoms with Gasteiger partial charge in [0.2, 0.25) is 0 Å². The highest BCUT2D eigenvalue weighted by atomic mass is 16.5. The predicted molar refractivity (Wildman–Crippen MR) is 68.6 cm³/mol. The molecule has 17 heavy (non-hydrogen) atoms. The Morgan fingerprint density at radius 2 is 2.18 bits per heavy atom. The van der Waals surface area contributed by atoms with Crippen molar-refractivity contribution < 1.29 is 4.74 Å². The van der Waals surface area contributed by atoms with E-state index < -0.39 is 0 Å². The number of aromatic amines is 1. The third-order valence-corrected chi connectivity index (χ3v) is 2.29. The van der Waals surface area contributed by atoms with Crippen LogP contribution in [0.1, 0.15) is 12.7 Å². The summed E-state index contributed by atoms with van der Waals surface area (Å²) in [5.41, 5.74) is 6.65. The number of rotatable bonds is 4. The summed E-state index contributed by atoms with van der Waals surface area (Å²) in [5, 5.41) is 3.15. The predicted octanol–water partition coefficient (Wildman–Crippen LogP) is 2.44. The van der Waals surface area contributed by atoms with Gasteiger partial charge in [0.1, 0.15) is 17.4 Å². The van der Waals surface area contributed by atoms with Crippen LogP contribution in [0.4, 0.5) is 17.3 Å². The van der Waals surface area contributed by atoms with E-state index in [2.05, 4.69) is 15.3 Å². The molecule has 0 radical (unpaired) electrons. The van der Waals surface area contributed by atoms with E-state index in [9.17, 15) is 0 Å². The SMILES string of the molecule is CCOc1ccccc1Nc1nc(C)[nH]c1N. The van der Waals surface area contributed by atoms with E-state index in [0.29, 0.717) is 18.2 Å². The Balaban J connectivity index is 2.26. The average Bonchev–Trinajstić information content (AvgIpc) is 2.61. The van der Waals surface area contributed by atoms with Crippen LogP contribution in [0.5, 0.6) is 5.75 Å². The zero-order valence-corrected chi connectivity index (χ0v) is 9.95. The van der Waals surface area contributed by atoms with Gasteiger partial charge in [0, 0.05) is 0 Å². The molecule has 2 rings (SSSR count). The number of nitrogens with one attached hydrogen (secondary N) is 2. The molecular weight excluding hydrogens is 216 g/mol. The number of para-hydroxylation sites is 2. The Bertz CT molecular complexity index is 507. The van der Waals surface area contributed by atoms with Gasteiger partial charge in [-0.1, -0.05) is 12.1 Å². The molecule has 0 aliphatic carbocycles. The van der Waals surface area contributed by atoms with Gasteiger partial charge in [-0.05, 0) is 26.0 Å². The Morgan fingerprint density at radius 3 is 2.82 bits per heavy atom. The van der Waals surface area contributed by atoms with Crippen molar-refractivity contribution in [2.24, 2.45) is 0 Å². The van der Waals surface area contributed by atoms with Crippen LogP contribution in [0, 0.1) is 6.92 Å². The summed E-state index contributed by atoms with van der Waals surface area (Å²) in [6.07, 6.45) is 0. The number of anilines is 3. The standard InChI is InChI=1S/C12H16N4O/c1-3-17-10-7-5-4-6-9(10)16-12-11(13)14-8(2)15-12/h4-7,16H,3,13H2,1-2H3,(H,14,15). The molecule has 0 saturated heterocycles. The Hall–Kier alpha value is -2.17. The fraction of sp³-hybridized carbons (Fsp3) is 0.250. The zero-order valence-electron chi connectivity index (χ0n) is 9.95. The molecular formula is C12H16N4O. The number of hydrogen-bond donors (Lipinski definition) is 3. The molecule has 4 N–H and O–H groups in total. The lowest BCUT2D eigenvalue weighted by Gasteiger charge is -2.10. The number of nitrogen functional groups attached to an aromatic ring is 1. The minimum absolute atomic E-state index is 0.522. The van der Waals surface area contributed by atoms with E-state index in [1.165, 1.54) is 0 Å². The van der Waals surface area contributed by atoms with Crippen molar-refractivity contribution in [3.05, 3.63) is 30.1 Å². The molecule has 0 amide bonds. The summed E-state index contributed by atoms with van der Waals surface area (Å²) in [5.74, 6) is 2.71. The molecule has 0 spiro atoms. The summed E-state index contributed by atoms with van der Waals surface area (Å²) in [4.78, 5) is 7.20. The largest absolute Gasteiger partial charge is 0.492 e. The van der Waals surface area contributed by atoms with E-state index in [-0.39, 0.29) is 0 Å². The summed E-state index contributed by atoms with van der Waals surface area (Å²) >= 11 is 0. The lowest BCUT2D eigenvalue weighted by Crippen LogP contribution is -1.99. The van der Waals surface area contributed by atoms with Gasteiger partial charge in [-0.15, -0.1) is 0 Å². The van der Waals surface area contributed by atoms with Crippen LogP contribution >= 0.6 is 0 Å². The maximum Gasteiger partial charge on any atom is 0.173 e. The van der Waals surface area contributed by atoms with E-state index in [0.717, 1.165) is 17.3 Å². The first-order valence-electron chi connectivity index (χ1n) is 5.51. The number of aromatic nitrogens is 2. The monoisotopic (exact) mass is 232 g/mol. The first kappa shape index (κ1) is 11.3. The molecule has 1 aromatic heterocycles. The molecule has 90 valence electrons.